The summed E-state index contributed by atoms with van der Waals surface area (Å²) in [5, 5.41) is -0.762. The number of nitrogens with zero attached hydrogens (tertiary/aromatic N) is 1. The van der Waals surface area contributed by atoms with E-state index in [-0.39, 0.29) is 16.4 Å². The number of aryl methyl sites for hydroxylation is 1. The Hall–Kier alpha value is -2.39. The Balaban J connectivity index is 1.69. The van der Waals surface area contributed by atoms with Crippen LogP contribution in [0.4, 0.5) is 17.6 Å². The molecule has 0 radical (unpaired) electrons. The van der Waals surface area contributed by atoms with Crippen LogP contribution in [0.25, 0.3) is 22.0 Å². The number of fused-ring (bicyclic) bond motifs is 2. The standard InChI is InChI=1S/C29H34F4N2O2S/c1-28(2,3)17-35-16-24(27(29(31,32)33)34-38(36,37)19-10-7-11-19)23-14-25(30)22(15-26(23)35)21-13-6-9-18-8-4-5-12-20(18)21/h6,9,13-16,19,27,34H,4-5,7-8,10-12,17H2,1-3H3/t27-/m0/s1. The number of nitrogens with one attached hydrogen (secondary N) is 1. The third-order valence-electron chi connectivity index (χ3n) is 7.74. The molecule has 0 bridgehead atoms. The van der Waals surface area contributed by atoms with Crippen LogP contribution in [0.15, 0.2) is 36.5 Å². The predicted octanol–water partition coefficient (Wildman–Crippen LogP) is 7.45. The molecule has 1 N–H and O–H groups in total. The maximum absolute atomic E-state index is 15.8. The molecule has 1 saturated carbocycles. The first-order valence-electron chi connectivity index (χ1n) is 13.3. The minimum Gasteiger partial charge on any atom is -0.347 e. The number of halogens is 4. The lowest BCUT2D eigenvalue weighted by atomic mass is 9.85. The molecule has 0 amide bonds. The van der Waals surface area contributed by atoms with Crippen molar-refractivity contribution in [2.45, 2.75) is 89.7 Å². The Morgan fingerprint density at radius 1 is 1.03 bits per heavy atom. The summed E-state index contributed by atoms with van der Waals surface area (Å²) in [5.74, 6) is -0.617. The zero-order chi connectivity index (χ0) is 27.5. The van der Waals surface area contributed by atoms with Gasteiger partial charge in [-0.05, 0) is 72.8 Å². The van der Waals surface area contributed by atoms with E-state index in [1.807, 2.05) is 37.6 Å². The van der Waals surface area contributed by atoms with Crippen LogP contribution < -0.4 is 4.72 Å². The average molecular weight is 551 g/mol. The van der Waals surface area contributed by atoms with Crippen molar-refractivity contribution in [3.05, 3.63) is 59.0 Å². The van der Waals surface area contributed by atoms with Crippen LogP contribution >= 0.6 is 0 Å². The van der Waals surface area contributed by atoms with E-state index in [0.29, 0.717) is 36.9 Å². The molecule has 0 spiro atoms. The summed E-state index contributed by atoms with van der Waals surface area (Å²) in [4.78, 5) is 0. The van der Waals surface area contributed by atoms with Gasteiger partial charge in [0.1, 0.15) is 11.9 Å². The molecular formula is C29H34F4N2O2S. The molecule has 0 saturated heterocycles. The van der Waals surface area contributed by atoms with Crippen LogP contribution in [0, 0.1) is 11.2 Å². The highest BCUT2D eigenvalue weighted by Gasteiger charge is 2.46. The number of sulfonamides is 1. The molecule has 1 heterocycles. The van der Waals surface area contributed by atoms with Crippen LogP contribution in [-0.4, -0.2) is 24.4 Å². The molecule has 2 aliphatic carbocycles. The van der Waals surface area contributed by atoms with Crippen molar-refractivity contribution in [2.24, 2.45) is 5.41 Å². The summed E-state index contributed by atoms with van der Waals surface area (Å²) >= 11 is 0. The van der Waals surface area contributed by atoms with Crippen molar-refractivity contribution in [2.75, 3.05) is 0 Å². The van der Waals surface area contributed by atoms with Gasteiger partial charge in [0.05, 0.1) is 5.25 Å². The van der Waals surface area contributed by atoms with Crippen molar-refractivity contribution in [1.29, 1.82) is 0 Å². The zero-order valence-corrected chi connectivity index (χ0v) is 22.8. The van der Waals surface area contributed by atoms with Crippen molar-refractivity contribution in [3.63, 3.8) is 0 Å². The normalized spacial score (nSPS) is 17.9. The van der Waals surface area contributed by atoms with E-state index in [4.69, 9.17) is 0 Å². The molecular weight excluding hydrogens is 516 g/mol. The Morgan fingerprint density at radius 3 is 2.37 bits per heavy atom. The monoisotopic (exact) mass is 550 g/mol. The summed E-state index contributed by atoms with van der Waals surface area (Å²) in [7, 11) is -4.19. The van der Waals surface area contributed by atoms with Crippen molar-refractivity contribution < 1.29 is 26.0 Å². The topological polar surface area (TPSA) is 51.1 Å². The van der Waals surface area contributed by atoms with E-state index < -0.39 is 33.3 Å². The summed E-state index contributed by atoms with van der Waals surface area (Å²) in [5.41, 5.74) is 3.29. The van der Waals surface area contributed by atoms with E-state index in [0.717, 1.165) is 42.9 Å². The molecule has 2 aliphatic rings. The zero-order valence-electron chi connectivity index (χ0n) is 22.0. The van der Waals surface area contributed by atoms with E-state index in [9.17, 15) is 21.6 Å². The van der Waals surface area contributed by atoms with Crippen LogP contribution in [0.1, 0.15) is 75.6 Å². The van der Waals surface area contributed by atoms with Gasteiger partial charge < -0.3 is 4.57 Å². The fourth-order valence-corrected chi connectivity index (χ4v) is 7.43. The number of benzene rings is 2. The van der Waals surface area contributed by atoms with Crippen LogP contribution in [-0.2, 0) is 29.4 Å². The average Bonchev–Trinajstić information content (AvgIpc) is 3.09. The smallest absolute Gasteiger partial charge is 0.347 e. The lowest BCUT2D eigenvalue weighted by Gasteiger charge is -2.29. The van der Waals surface area contributed by atoms with Gasteiger partial charge in [0.2, 0.25) is 10.0 Å². The van der Waals surface area contributed by atoms with Gasteiger partial charge in [-0.3, -0.25) is 0 Å². The summed E-state index contributed by atoms with van der Waals surface area (Å²) in [6, 6.07) is 6.15. The van der Waals surface area contributed by atoms with Gasteiger partial charge in [-0.1, -0.05) is 45.4 Å². The highest BCUT2D eigenvalue weighted by atomic mass is 32.2. The van der Waals surface area contributed by atoms with Gasteiger partial charge in [-0.15, -0.1) is 0 Å². The largest absolute Gasteiger partial charge is 0.408 e. The van der Waals surface area contributed by atoms with Gasteiger partial charge in [-0.2, -0.15) is 17.9 Å². The number of hydrogen-bond acceptors (Lipinski definition) is 2. The fourth-order valence-electron chi connectivity index (χ4n) is 5.70. The first kappa shape index (κ1) is 27.2. The van der Waals surface area contributed by atoms with Crippen molar-refractivity contribution >= 4 is 20.9 Å². The lowest BCUT2D eigenvalue weighted by Crippen LogP contribution is -2.44. The maximum Gasteiger partial charge on any atom is 0.408 e. The molecule has 1 fully saturated rings. The molecule has 2 aromatic carbocycles. The van der Waals surface area contributed by atoms with Gasteiger partial charge in [-0.25, -0.2) is 12.8 Å². The first-order valence-corrected chi connectivity index (χ1v) is 14.8. The quantitative estimate of drug-likeness (QED) is 0.324. The molecule has 3 aromatic rings. The van der Waals surface area contributed by atoms with E-state index >= 15 is 4.39 Å². The van der Waals surface area contributed by atoms with Crippen molar-refractivity contribution in [1.82, 2.24) is 9.29 Å². The van der Waals surface area contributed by atoms with Gasteiger partial charge in [0, 0.05) is 34.8 Å². The molecule has 1 atom stereocenters. The Labute approximate surface area is 221 Å². The second-order valence-electron chi connectivity index (χ2n) is 12.0. The van der Waals surface area contributed by atoms with E-state index in [2.05, 4.69) is 6.07 Å². The molecule has 206 valence electrons. The van der Waals surface area contributed by atoms with Gasteiger partial charge >= 0.3 is 6.18 Å². The summed E-state index contributed by atoms with van der Waals surface area (Å²) in [6.45, 7) is 6.28. The molecule has 38 heavy (non-hydrogen) atoms. The summed E-state index contributed by atoms with van der Waals surface area (Å²) < 4.78 is 88.1. The molecule has 5 rings (SSSR count). The molecule has 1 aromatic heterocycles. The Morgan fingerprint density at radius 2 is 1.74 bits per heavy atom. The third-order valence-corrected chi connectivity index (χ3v) is 9.66. The molecule has 0 aliphatic heterocycles. The van der Waals surface area contributed by atoms with Gasteiger partial charge in [0.15, 0.2) is 0 Å². The molecule has 0 unspecified atom stereocenters. The predicted molar refractivity (Wildman–Crippen MR) is 142 cm³/mol. The summed E-state index contributed by atoms with van der Waals surface area (Å²) in [6.07, 6.45) is 1.63. The maximum atomic E-state index is 15.8. The number of aromatic nitrogens is 1. The van der Waals surface area contributed by atoms with E-state index in [1.165, 1.54) is 11.8 Å². The van der Waals surface area contributed by atoms with Crippen molar-refractivity contribution in [3.8, 4) is 11.1 Å². The van der Waals surface area contributed by atoms with Gasteiger partial charge in [0.25, 0.3) is 0 Å². The minimum atomic E-state index is -4.90. The van der Waals surface area contributed by atoms with Crippen LogP contribution in [0.2, 0.25) is 0 Å². The fraction of sp³-hybridized carbons (Fsp3) is 0.517. The minimum absolute atomic E-state index is 0.0685. The highest BCUT2D eigenvalue weighted by Crippen LogP contribution is 2.42. The Bertz CT molecular complexity index is 1460. The van der Waals surface area contributed by atoms with E-state index in [1.54, 1.807) is 10.6 Å². The second kappa shape index (κ2) is 9.66. The molecule has 4 nitrogen and oxygen atoms in total. The molecule has 9 heteroatoms. The number of alkyl halides is 3. The number of rotatable bonds is 6. The first-order chi connectivity index (χ1) is 17.7. The Kier molecular flexibility index (Phi) is 6.91. The lowest BCUT2D eigenvalue weighted by molar-refractivity contribution is -0.152. The van der Waals surface area contributed by atoms with Crippen LogP contribution in [0.5, 0.6) is 0 Å². The third kappa shape index (κ3) is 5.24. The highest BCUT2D eigenvalue weighted by molar-refractivity contribution is 7.90. The second-order valence-corrected chi connectivity index (χ2v) is 14.0. The number of hydrogen-bond donors (Lipinski definition) is 1. The van der Waals surface area contributed by atoms with Crippen LogP contribution in [0.3, 0.4) is 0 Å². The SMILES string of the molecule is CC(C)(C)Cn1cc([C@H](NS(=O)(=O)C2CCC2)C(F)(F)F)c2cc(F)c(-c3cccc4c3CCCC4)cc21.